The summed E-state index contributed by atoms with van der Waals surface area (Å²) in [6.45, 7) is 7.55. The average Bonchev–Trinajstić information content (AvgIpc) is 3.45. The summed E-state index contributed by atoms with van der Waals surface area (Å²) in [6, 6.07) is 8.27. The minimum Gasteiger partial charge on any atom is -0.369 e. The van der Waals surface area contributed by atoms with Gasteiger partial charge in [-0.2, -0.15) is 0 Å². The lowest BCUT2D eigenvalue weighted by Gasteiger charge is -2.06. The second-order valence-corrected chi connectivity index (χ2v) is 9.54. The number of unbranched alkanes of at least 4 members (excludes halogenated alkanes) is 4. The summed E-state index contributed by atoms with van der Waals surface area (Å²) in [7, 11) is 0. The van der Waals surface area contributed by atoms with E-state index in [1.807, 2.05) is 22.9 Å². The van der Waals surface area contributed by atoms with E-state index in [0.717, 1.165) is 49.9 Å². The third kappa shape index (κ3) is 8.53. The third-order valence-corrected chi connectivity index (χ3v) is 6.23. The number of nitrogens with one attached hydrogen (secondary N) is 1. The summed E-state index contributed by atoms with van der Waals surface area (Å²) in [5.41, 5.74) is 10.0. The molecule has 0 aliphatic rings. The highest BCUT2D eigenvalue weighted by Crippen LogP contribution is 2.15. The molecule has 0 unspecified atom stereocenters. The number of aryl methyl sites for hydroxylation is 3. The highest BCUT2D eigenvalue weighted by molar-refractivity contribution is 5.94. The minimum absolute atomic E-state index is 0.0505. The van der Waals surface area contributed by atoms with E-state index in [0.29, 0.717) is 30.6 Å². The summed E-state index contributed by atoms with van der Waals surface area (Å²) in [6.07, 6.45) is 13.9. The van der Waals surface area contributed by atoms with Crippen LogP contribution in [0.1, 0.15) is 92.6 Å². The highest BCUT2D eigenvalue weighted by Gasteiger charge is 2.08. The lowest BCUT2D eigenvalue weighted by molar-refractivity contribution is 0.0952. The van der Waals surface area contributed by atoms with Gasteiger partial charge in [-0.3, -0.25) is 9.48 Å². The van der Waals surface area contributed by atoms with Crippen molar-refractivity contribution in [3.8, 4) is 0 Å². The molecule has 1 aromatic carbocycles. The number of carbonyl (C=O) groups excluding carboxylic acids is 1. The molecule has 3 rings (SSSR count). The maximum Gasteiger partial charge on any atom is 0.251 e. The third-order valence-electron chi connectivity index (χ3n) is 6.23. The predicted molar refractivity (Wildman–Crippen MR) is 140 cm³/mol. The summed E-state index contributed by atoms with van der Waals surface area (Å²) >= 11 is 0. The van der Waals surface area contributed by atoms with Crippen molar-refractivity contribution in [2.75, 3.05) is 12.3 Å². The van der Waals surface area contributed by atoms with Gasteiger partial charge in [0.05, 0.1) is 17.9 Å². The van der Waals surface area contributed by atoms with Gasteiger partial charge in [-0.1, -0.05) is 43.5 Å². The second kappa shape index (κ2) is 13.7. The second-order valence-electron chi connectivity index (χ2n) is 9.54. The molecule has 8 heteroatoms. The summed E-state index contributed by atoms with van der Waals surface area (Å²) in [5.74, 6) is 0.545. The van der Waals surface area contributed by atoms with Crippen LogP contribution in [0.3, 0.4) is 0 Å². The molecule has 3 aromatic rings. The fraction of sp³-hybridized carbons (Fsp3) is 0.556. The van der Waals surface area contributed by atoms with E-state index >= 15 is 0 Å². The van der Waals surface area contributed by atoms with Gasteiger partial charge in [-0.25, -0.2) is 4.98 Å². The topological polar surface area (TPSA) is 104 Å². The molecular weight excluding hydrogens is 438 g/mol. The molecule has 3 N–H and O–H groups in total. The maximum atomic E-state index is 12.4. The number of carbonyl (C=O) groups is 1. The average molecular weight is 480 g/mol. The van der Waals surface area contributed by atoms with Crippen LogP contribution in [0.15, 0.2) is 36.7 Å². The zero-order valence-corrected chi connectivity index (χ0v) is 21.5. The van der Waals surface area contributed by atoms with Crippen LogP contribution in [0.5, 0.6) is 0 Å². The van der Waals surface area contributed by atoms with E-state index in [4.69, 9.17) is 5.73 Å². The van der Waals surface area contributed by atoms with Gasteiger partial charge >= 0.3 is 0 Å². The molecule has 2 heterocycles. The van der Waals surface area contributed by atoms with E-state index in [1.165, 1.54) is 24.8 Å². The first-order valence-electron chi connectivity index (χ1n) is 13.1. The number of hydrogen-bond acceptors (Lipinski definition) is 5. The van der Waals surface area contributed by atoms with E-state index in [9.17, 15) is 4.79 Å². The minimum atomic E-state index is -0.0505. The van der Waals surface area contributed by atoms with Crippen molar-refractivity contribution in [3.63, 3.8) is 0 Å². The van der Waals surface area contributed by atoms with Crippen molar-refractivity contribution in [1.82, 2.24) is 29.9 Å². The molecule has 8 nitrogen and oxygen atoms in total. The van der Waals surface area contributed by atoms with Crippen molar-refractivity contribution < 1.29 is 4.79 Å². The Morgan fingerprint density at radius 3 is 2.37 bits per heavy atom. The molecule has 0 radical (unpaired) electrons. The van der Waals surface area contributed by atoms with Crippen LogP contribution in [0, 0.1) is 0 Å². The Morgan fingerprint density at radius 2 is 1.69 bits per heavy atom. The van der Waals surface area contributed by atoms with Crippen LogP contribution in [0.4, 0.5) is 5.95 Å². The van der Waals surface area contributed by atoms with Gasteiger partial charge in [-0.05, 0) is 70.1 Å². The van der Waals surface area contributed by atoms with Crippen molar-refractivity contribution >= 4 is 11.9 Å². The first-order chi connectivity index (χ1) is 17.0. The number of nitrogens with zero attached hydrogens (tertiary/aromatic N) is 5. The summed E-state index contributed by atoms with van der Waals surface area (Å²) in [4.78, 5) is 16.9. The smallest absolute Gasteiger partial charge is 0.251 e. The molecule has 1 amide bonds. The fourth-order valence-corrected chi connectivity index (χ4v) is 4.13. The quantitative estimate of drug-likeness (QED) is 0.306. The first kappa shape index (κ1) is 26.4. The van der Waals surface area contributed by atoms with Crippen molar-refractivity contribution in [3.05, 3.63) is 59.2 Å². The van der Waals surface area contributed by atoms with Gasteiger partial charge in [0.2, 0.25) is 5.95 Å². The van der Waals surface area contributed by atoms with Gasteiger partial charge in [0.15, 0.2) is 0 Å². The SMILES string of the molecule is CCCCCc1ccc(C(=O)NCCn2cc(CCCCCc3cn(C(C)C)c(N)n3)nn2)cc1. The lowest BCUT2D eigenvalue weighted by Crippen LogP contribution is -2.27. The number of nitrogens with two attached hydrogens (primary N) is 1. The molecular formula is C27H41N7O. The Hall–Kier alpha value is -3.16. The zero-order chi connectivity index (χ0) is 25.0. The molecule has 0 aliphatic heterocycles. The number of aromatic nitrogens is 5. The molecule has 2 aromatic heterocycles. The Bertz CT molecular complexity index is 1040. The monoisotopic (exact) mass is 479 g/mol. The number of imidazole rings is 1. The number of hydrogen-bond donors (Lipinski definition) is 2. The molecule has 0 saturated carbocycles. The maximum absolute atomic E-state index is 12.4. The summed E-state index contributed by atoms with van der Waals surface area (Å²) in [5, 5.41) is 11.4. The Morgan fingerprint density at radius 1 is 0.971 bits per heavy atom. The lowest BCUT2D eigenvalue weighted by atomic mass is 10.1. The molecule has 0 saturated heterocycles. The molecule has 0 atom stereocenters. The fourth-order valence-electron chi connectivity index (χ4n) is 4.13. The molecule has 0 aliphatic carbocycles. The number of rotatable bonds is 15. The van der Waals surface area contributed by atoms with Crippen molar-refractivity contribution in [1.29, 1.82) is 0 Å². The normalized spacial score (nSPS) is 11.3. The number of nitrogen functional groups attached to an aromatic ring is 1. The number of anilines is 1. The molecule has 35 heavy (non-hydrogen) atoms. The molecule has 0 fully saturated rings. The Kier molecular flexibility index (Phi) is 10.3. The van der Waals surface area contributed by atoms with E-state index in [-0.39, 0.29) is 5.91 Å². The van der Waals surface area contributed by atoms with Crippen LogP contribution in [-0.2, 0) is 25.8 Å². The van der Waals surface area contributed by atoms with E-state index < -0.39 is 0 Å². The van der Waals surface area contributed by atoms with Gasteiger partial charge in [0.1, 0.15) is 0 Å². The van der Waals surface area contributed by atoms with Gasteiger partial charge in [-0.15, -0.1) is 5.10 Å². The largest absolute Gasteiger partial charge is 0.369 e. The summed E-state index contributed by atoms with van der Waals surface area (Å²) < 4.78 is 3.81. The van der Waals surface area contributed by atoms with Crippen LogP contribution < -0.4 is 11.1 Å². The van der Waals surface area contributed by atoms with Gasteiger partial charge in [0.25, 0.3) is 5.91 Å². The van der Waals surface area contributed by atoms with Gasteiger partial charge in [0, 0.05) is 30.5 Å². The van der Waals surface area contributed by atoms with Crippen molar-refractivity contribution in [2.24, 2.45) is 0 Å². The van der Waals surface area contributed by atoms with E-state index in [1.54, 1.807) is 4.68 Å². The van der Waals surface area contributed by atoms with E-state index in [2.05, 4.69) is 59.7 Å². The molecule has 190 valence electrons. The van der Waals surface area contributed by atoms with Crippen LogP contribution >= 0.6 is 0 Å². The van der Waals surface area contributed by atoms with Crippen LogP contribution in [-0.4, -0.2) is 37.0 Å². The first-order valence-corrected chi connectivity index (χ1v) is 13.1. The number of benzene rings is 1. The van der Waals surface area contributed by atoms with Crippen LogP contribution in [0.25, 0.3) is 0 Å². The highest BCUT2D eigenvalue weighted by atomic mass is 16.1. The zero-order valence-electron chi connectivity index (χ0n) is 21.5. The molecule has 0 spiro atoms. The van der Waals surface area contributed by atoms with Gasteiger partial charge < -0.3 is 15.6 Å². The predicted octanol–water partition coefficient (Wildman–Crippen LogP) is 4.76. The van der Waals surface area contributed by atoms with Crippen molar-refractivity contribution in [2.45, 2.75) is 91.1 Å². The molecule has 0 bridgehead atoms. The van der Waals surface area contributed by atoms with Crippen LogP contribution in [0.2, 0.25) is 0 Å². The Labute approximate surface area is 209 Å². The Balaban J connectivity index is 1.31. The number of amides is 1. The standard InChI is InChI=1S/C27H41N7O/c1-4-5-7-10-22-13-15-23(16-14-22)26(35)29-17-18-33-19-25(31-32-33)12-9-6-8-11-24-20-34(21(2)3)27(28)30-24/h13-16,19-21H,4-12,17-18H2,1-3H3,(H2,28,30)(H,29,35).